The molecule has 0 aromatic heterocycles. The van der Waals surface area contributed by atoms with Crippen LogP contribution in [0.25, 0.3) is 0 Å². The van der Waals surface area contributed by atoms with Crippen LogP contribution in [0.1, 0.15) is 10.4 Å². The lowest BCUT2D eigenvalue weighted by Crippen LogP contribution is -2.45. The van der Waals surface area contributed by atoms with E-state index in [1.807, 2.05) is 11.9 Å². The molecule has 1 aromatic rings. The number of benzene rings is 1. The maximum absolute atomic E-state index is 14.0. The summed E-state index contributed by atoms with van der Waals surface area (Å²) in [6.07, 6.45) is 0. The zero-order chi connectivity index (χ0) is 13.1. The van der Waals surface area contributed by atoms with Crippen LogP contribution in [0.3, 0.4) is 0 Å². The molecular formula is C13H16FNO2S. The molecule has 5 heteroatoms. The molecule has 1 aliphatic rings. The van der Waals surface area contributed by atoms with Crippen LogP contribution in [0, 0.1) is 5.82 Å². The first-order chi connectivity index (χ1) is 8.65. The molecule has 1 saturated heterocycles. The van der Waals surface area contributed by atoms with Gasteiger partial charge in [-0.3, -0.25) is 9.69 Å². The summed E-state index contributed by atoms with van der Waals surface area (Å²) < 4.78 is 18.9. The number of methoxy groups -OCH3 is 1. The number of halogens is 1. The average Bonchev–Trinajstić information content (AvgIpc) is 2.39. The van der Waals surface area contributed by atoms with Gasteiger partial charge in [-0.1, -0.05) is 6.07 Å². The number of likely N-dealkylation sites (N-methyl/N-ethyl adjacent to an activating group) is 1. The minimum Gasteiger partial charge on any atom is -0.494 e. The molecule has 1 aliphatic heterocycles. The van der Waals surface area contributed by atoms with Crippen molar-refractivity contribution in [1.82, 2.24) is 4.90 Å². The van der Waals surface area contributed by atoms with E-state index in [2.05, 4.69) is 0 Å². The second-order valence-electron chi connectivity index (χ2n) is 4.26. The summed E-state index contributed by atoms with van der Waals surface area (Å²) in [5.41, 5.74) is 0.119. The maximum atomic E-state index is 14.0. The van der Waals surface area contributed by atoms with Crippen LogP contribution in [0.2, 0.25) is 0 Å². The van der Waals surface area contributed by atoms with Gasteiger partial charge in [0.25, 0.3) is 0 Å². The normalized spacial score (nSPS) is 20.7. The van der Waals surface area contributed by atoms with Gasteiger partial charge in [-0.25, -0.2) is 4.39 Å². The fourth-order valence-electron chi connectivity index (χ4n) is 2.00. The Labute approximate surface area is 110 Å². The molecular weight excluding hydrogens is 253 g/mol. The molecule has 0 spiro atoms. The molecule has 1 aromatic carbocycles. The first-order valence-electron chi connectivity index (χ1n) is 5.80. The number of hydrogen-bond donors (Lipinski definition) is 0. The van der Waals surface area contributed by atoms with Crippen molar-refractivity contribution in [3.05, 3.63) is 29.6 Å². The SMILES string of the molecule is COc1cccc(C(=O)C2CSCCN2C)c1F. The van der Waals surface area contributed by atoms with Crippen LogP contribution >= 0.6 is 11.8 Å². The molecule has 0 N–H and O–H groups in total. The Bertz CT molecular complexity index is 453. The van der Waals surface area contributed by atoms with E-state index in [1.54, 1.807) is 17.8 Å². The highest BCUT2D eigenvalue weighted by molar-refractivity contribution is 7.99. The van der Waals surface area contributed by atoms with Crippen molar-refractivity contribution in [2.45, 2.75) is 6.04 Å². The monoisotopic (exact) mass is 269 g/mol. The molecule has 0 aliphatic carbocycles. The van der Waals surface area contributed by atoms with Crippen LogP contribution in [-0.2, 0) is 0 Å². The van der Waals surface area contributed by atoms with Gasteiger partial charge >= 0.3 is 0 Å². The predicted octanol–water partition coefficient (Wildman–Crippen LogP) is 2.06. The van der Waals surface area contributed by atoms with Crippen LogP contribution in [0.4, 0.5) is 4.39 Å². The number of ether oxygens (including phenoxy) is 1. The van der Waals surface area contributed by atoms with Gasteiger partial charge in [0.05, 0.1) is 18.7 Å². The van der Waals surface area contributed by atoms with Gasteiger partial charge in [0.2, 0.25) is 0 Å². The molecule has 0 bridgehead atoms. The Hall–Kier alpha value is -1.07. The molecule has 3 nitrogen and oxygen atoms in total. The molecule has 0 amide bonds. The first-order valence-corrected chi connectivity index (χ1v) is 6.95. The quantitative estimate of drug-likeness (QED) is 0.786. The van der Waals surface area contributed by atoms with Gasteiger partial charge in [0.1, 0.15) is 0 Å². The third-order valence-corrected chi connectivity index (χ3v) is 4.17. The summed E-state index contributed by atoms with van der Waals surface area (Å²) in [4.78, 5) is 14.3. The summed E-state index contributed by atoms with van der Waals surface area (Å²) in [6, 6.07) is 4.44. The zero-order valence-electron chi connectivity index (χ0n) is 10.5. The van der Waals surface area contributed by atoms with Gasteiger partial charge in [0.15, 0.2) is 17.3 Å². The van der Waals surface area contributed by atoms with Crippen molar-refractivity contribution in [3.8, 4) is 5.75 Å². The highest BCUT2D eigenvalue weighted by Crippen LogP contribution is 2.24. The molecule has 2 rings (SSSR count). The van der Waals surface area contributed by atoms with Crippen molar-refractivity contribution in [3.63, 3.8) is 0 Å². The van der Waals surface area contributed by atoms with Crippen molar-refractivity contribution >= 4 is 17.5 Å². The second kappa shape index (κ2) is 5.71. The summed E-state index contributed by atoms with van der Waals surface area (Å²) in [6.45, 7) is 0.854. The van der Waals surface area contributed by atoms with Crippen molar-refractivity contribution in [2.75, 3.05) is 32.2 Å². The number of hydrogen-bond acceptors (Lipinski definition) is 4. The highest BCUT2D eigenvalue weighted by atomic mass is 32.2. The highest BCUT2D eigenvalue weighted by Gasteiger charge is 2.29. The van der Waals surface area contributed by atoms with E-state index in [4.69, 9.17) is 4.74 Å². The zero-order valence-corrected chi connectivity index (χ0v) is 11.3. The standard InChI is InChI=1S/C13H16FNO2S/c1-15-6-7-18-8-10(15)13(16)9-4-3-5-11(17-2)12(9)14/h3-5,10H,6-8H2,1-2H3. The third-order valence-electron chi connectivity index (χ3n) is 3.15. The van der Waals surface area contributed by atoms with Gasteiger partial charge in [-0.2, -0.15) is 11.8 Å². The van der Waals surface area contributed by atoms with Crippen LogP contribution in [-0.4, -0.2) is 48.9 Å². The van der Waals surface area contributed by atoms with Crippen molar-refractivity contribution in [1.29, 1.82) is 0 Å². The van der Waals surface area contributed by atoms with Crippen LogP contribution < -0.4 is 4.74 Å². The number of rotatable bonds is 3. The molecule has 1 unspecified atom stereocenters. The minimum atomic E-state index is -0.561. The Morgan fingerprint density at radius 3 is 3.00 bits per heavy atom. The topological polar surface area (TPSA) is 29.5 Å². The van der Waals surface area contributed by atoms with E-state index < -0.39 is 5.82 Å². The smallest absolute Gasteiger partial charge is 0.183 e. The fourth-order valence-corrected chi connectivity index (χ4v) is 3.21. The molecule has 98 valence electrons. The Balaban J connectivity index is 2.28. The third kappa shape index (κ3) is 2.52. The molecule has 1 heterocycles. The Kier molecular flexibility index (Phi) is 4.24. The summed E-state index contributed by atoms with van der Waals surface area (Å²) in [5.74, 6) is 1.12. The maximum Gasteiger partial charge on any atom is 0.183 e. The molecule has 0 radical (unpaired) electrons. The second-order valence-corrected chi connectivity index (χ2v) is 5.41. The first kappa shape index (κ1) is 13.4. The largest absolute Gasteiger partial charge is 0.494 e. The summed E-state index contributed by atoms with van der Waals surface area (Å²) in [7, 11) is 3.30. The van der Waals surface area contributed by atoms with Gasteiger partial charge < -0.3 is 4.74 Å². The minimum absolute atomic E-state index is 0.118. The van der Waals surface area contributed by atoms with Crippen molar-refractivity contribution in [2.24, 2.45) is 0 Å². The fraction of sp³-hybridized carbons (Fsp3) is 0.462. The summed E-state index contributed by atoms with van der Waals surface area (Å²) >= 11 is 1.73. The Morgan fingerprint density at radius 1 is 1.56 bits per heavy atom. The van der Waals surface area contributed by atoms with E-state index in [9.17, 15) is 9.18 Å². The van der Waals surface area contributed by atoms with Gasteiger partial charge in [-0.05, 0) is 19.2 Å². The van der Waals surface area contributed by atoms with Gasteiger partial charge in [0, 0.05) is 18.1 Å². The lowest BCUT2D eigenvalue weighted by atomic mass is 10.0. The number of carbonyl (C=O) groups excluding carboxylic acids is 1. The molecule has 1 atom stereocenters. The number of ketones is 1. The van der Waals surface area contributed by atoms with E-state index >= 15 is 0 Å². The van der Waals surface area contributed by atoms with Gasteiger partial charge in [-0.15, -0.1) is 0 Å². The van der Waals surface area contributed by atoms with Crippen LogP contribution in [0.15, 0.2) is 18.2 Å². The van der Waals surface area contributed by atoms with Crippen molar-refractivity contribution < 1.29 is 13.9 Å². The Morgan fingerprint density at radius 2 is 2.33 bits per heavy atom. The van der Waals surface area contributed by atoms with E-state index in [0.717, 1.165) is 12.3 Å². The number of carbonyl (C=O) groups is 1. The van der Waals surface area contributed by atoms with Crippen LogP contribution in [0.5, 0.6) is 5.75 Å². The average molecular weight is 269 g/mol. The molecule has 1 fully saturated rings. The molecule has 0 saturated carbocycles. The van der Waals surface area contributed by atoms with E-state index in [0.29, 0.717) is 5.75 Å². The van der Waals surface area contributed by atoms with E-state index in [1.165, 1.54) is 19.2 Å². The number of thioether (sulfide) groups is 1. The number of Topliss-reactive ketones (excluding diaryl/α,β-unsaturated/α-hetero) is 1. The number of nitrogens with zero attached hydrogens (tertiary/aromatic N) is 1. The molecule has 18 heavy (non-hydrogen) atoms. The predicted molar refractivity (Wildman–Crippen MR) is 71.0 cm³/mol. The lowest BCUT2D eigenvalue weighted by molar-refractivity contribution is 0.0869. The summed E-state index contributed by atoms with van der Waals surface area (Å²) in [5, 5.41) is 0. The van der Waals surface area contributed by atoms with E-state index in [-0.39, 0.29) is 23.1 Å². The lowest BCUT2D eigenvalue weighted by Gasteiger charge is -2.30.